The Morgan fingerprint density at radius 3 is 2.48 bits per heavy atom. The van der Waals surface area contributed by atoms with Gasteiger partial charge in [0.15, 0.2) is 6.54 Å². The number of sulfonamides is 1. The van der Waals surface area contributed by atoms with E-state index in [-0.39, 0.29) is 24.1 Å². The molecule has 8 heteroatoms. The zero-order valence-corrected chi connectivity index (χ0v) is 16.5. The molecule has 0 unspecified atom stereocenters. The van der Waals surface area contributed by atoms with Crippen LogP contribution in [0.5, 0.6) is 0 Å². The predicted molar refractivity (Wildman–Crippen MR) is 101 cm³/mol. The van der Waals surface area contributed by atoms with Gasteiger partial charge in [0.05, 0.1) is 38.0 Å². The summed E-state index contributed by atoms with van der Waals surface area (Å²) in [5.41, 5.74) is -0.000278. The van der Waals surface area contributed by atoms with Crippen LogP contribution in [-0.4, -0.2) is 56.9 Å². The molecule has 1 aliphatic carbocycles. The first-order valence-corrected chi connectivity index (χ1v) is 11.0. The van der Waals surface area contributed by atoms with E-state index in [4.69, 9.17) is 0 Å². The van der Waals surface area contributed by atoms with Crippen molar-refractivity contribution in [2.75, 3.05) is 32.7 Å². The highest BCUT2D eigenvalue weighted by Crippen LogP contribution is 2.39. The highest BCUT2D eigenvalue weighted by molar-refractivity contribution is 7.88. The molecule has 1 saturated carbocycles. The second kappa shape index (κ2) is 7.97. The molecule has 1 amide bonds. The summed E-state index contributed by atoms with van der Waals surface area (Å²) in [5, 5.41) is 12.2. The van der Waals surface area contributed by atoms with Crippen LogP contribution in [0.4, 0.5) is 0 Å². The van der Waals surface area contributed by atoms with Crippen LogP contribution in [0, 0.1) is 17.2 Å². The van der Waals surface area contributed by atoms with E-state index in [1.54, 1.807) is 6.92 Å². The molecular weight excluding hydrogens is 364 g/mol. The number of nitrogens with one attached hydrogen (secondary N) is 2. The number of benzene rings is 1. The third-order valence-corrected chi connectivity index (χ3v) is 7.30. The smallest absolute Gasteiger partial charge is 0.276 e. The first-order valence-electron chi connectivity index (χ1n) is 9.40. The van der Waals surface area contributed by atoms with Gasteiger partial charge in [0.2, 0.25) is 10.0 Å². The third kappa shape index (κ3) is 5.06. The molecule has 1 heterocycles. The van der Waals surface area contributed by atoms with Gasteiger partial charge in [-0.15, -0.1) is 0 Å². The van der Waals surface area contributed by atoms with E-state index in [1.807, 2.05) is 30.3 Å². The number of piperazine rings is 1. The van der Waals surface area contributed by atoms with Crippen LogP contribution < -0.4 is 10.2 Å². The number of nitrogens with zero attached hydrogens (tertiary/aromatic N) is 2. The Kier molecular flexibility index (Phi) is 5.84. The Hall–Kier alpha value is -1.95. The number of carbonyl (C=O) groups excluding carboxylic acids is 1. The second-order valence-electron chi connectivity index (χ2n) is 7.70. The van der Waals surface area contributed by atoms with E-state index < -0.39 is 15.6 Å². The van der Waals surface area contributed by atoms with Crippen LogP contribution in [0.15, 0.2) is 30.3 Å². The molecule has 2 aliphatic rings. The lowest BCUT2D eigenvalue weighted by Crippen LogP contribution is -3.16. The van der Waals surface area contributed by atoms with Gasteiger partial charge in [-0.2, -0.15) is 9.57 Å². The van der Waals surface area contributed by atoms with E-state index in [1.165, 1.54) is 4.31 Å². The summed E-state index contributed by atoms with van der Waals surface area (Å²) in [5.74, 6) is 0.119. The van der Waals surface area contributed by atoms with Crippen molar-refractivity contribution in [3.05, 3.63) is 35.9 Å². The maximum atomic E-state index is 12.6. The normalized spacial score (nSPS) is 21.2. The molecule has 2 N–H and O–H groups in total. The molecule has 27 heavy (non-hydrogen) atoms. The minimum atomic E-state index is -3.35. The SMILES string of the molecule is C[C@@](C#N)(NC(=O)C[NH+]1CCN(S(=O)(=O)Cc2ccccc2)CC1)C1CC1. The molecule has 1 aromatic carbocycles. The molecule has 0 aromatic heterocycles. The lowest BCUT2D eigenvalue weighted by Gasteiger charge is -2.32. The zero-order valence-electron chi connectivity index (χ0n) is 15.6. The molecular formula is C19H27N4O3S+. The lowest BCUT2D eigenvalue weighted by atomic mass is 9.98. The third-order valence-electron chi connectivity index (χ3n) is 5.45. The molecule has 7 nitrogen and oxygen atoms in total. The van der Waals surface area contributed by atoms with Gasteiger partial charge in [0, 0.05) is 0 Å². The van der Waals surface area contributed by atoms with Crippen molar-refractivity contribution in [2.24, 2.45) is 5.92 Å². The van der Waals surface area contributed by atoms with Crippen molar-refractivity contribution >= 4 is 15.9 Å². The summed E-state index contributed by atoms with van der Waals surface area (Å²) in [4.78, 5) is 13.4. The first-order chi connectivity index (χ1) is 12.8. The van der Waals surface area contributed by atoms with Crippen molar-refractivity contribution in [1.82, 2.24) is 9.62 Å². The number of rotatable bonds is 7. The van der Waals surface area contributed by atoms with Crippen molar-refractivity contribution in [3.8, 4) is 6.07 Å². The van der Waals surface area contributed by atoms with E-state index in [0.717, 1.165) is 23.3 Å². The van der Waals surface area contributed by atoms with Crippen molar-refractivity contribution in [2.45, 2.75) is 31.1 Å². The van der Waals surface area contributed by atoms with Crippen LogP contribution in [0.1, 0.15) is 25.3 Å². The predicted octanol–water partition coefficient (Wildman–Crippen LogP) is -0.475. The quantitative estimate of drug-likeness (QED) is 0.657. The number of hydrogen-bond donors (Lipinski definition) is 2. The van der Waals surface area contributed by atoms with Gasteiger partial charge < -0.3 is 10.2 Å². The van der Waals surface area contributed by atoms with Crippen molar-refractivity contribution < 1.29 is 18.1 Å². The highest BCUT2D eigenvalue weighted by atomic mass is 32.2. The number of carbonyl (C=O) groups is 1. The fourth-order valence-electron chi connectivity index (χ4n) is 3.58. The molecule has 1 saturated heterocycles. The fraction of sp³-hybridized carbons (Fsp3) is 0.579. The van der Waals surface area contributed by atoms with Crippen molar-refractivity contribution in [1.29, 1.82) is 5.26 Å². The van der Waals surface area contributed by atoms with Gasteiger partial charge in [-0.3, -0.25) is 4.79 Å². The van der Waals surface area contributed by atoms with Gasteiger partial charge in [0.1, 0.15) is 5.54 Å². The van der Waals surface area contributed by atoms with Gasteiger partial charge >= 0.3 is 0 Å². The lowest BCUT2D eigenvalue weighted by molar-refractivity contribution is -0.895. The number of amides is 1. The van der Waals surface area contributed by atoms with E-state index >= 15 is 0 Å². The summed E-state index contributed by atoms with van der Waals surface area (Å²) >= 11 is 0. The largest absolute Gasteiger partial charge is 0.333 e. The topological polar surface area (TPSA) is 94.7 Å². The first kappa shape index (κ1) is 19.8. The van der Waals surface area contributed by atoms with E-state index in [0.29, 0.717) is 26.2 Å². The molecule has 3 rings (SSSR count). The Labute approximate surface area is 161 Å². The molecule has 1 aromatic rings. The van der Waals surface area contributed by atoms with Crippen LogP contribution in [-0.2, 0) is 20.6 Å². The van der Waals surface area contributed by atoms with E-state index in [2.05, 4.69) is 11.4 Å². The summed E-state index contributed by atoms with van der Waals surface area (Å²) in [6, 6.07) is 11.4. The van der Waals surface area contributed by atoms with Crippen LogP contribution in [0.3, 0.4) is 0 Å². The molecule has 146 valence electrons. The average molecular weight is 392 g/mol. The maximum Gasteiger partial charge on any atom is 0.276 e. The van der Waals surface area contributed by atoms with Gasteiger partial charge in [-0.05, 0) is 31.2 Å². The summed E-state index contributed by atoms with van der Waals surface area (Å²) in [7, 11) is -3.35. The highest BCUT2D eigenvalue weighted by Gasteiger charge is 2.43. The number of nitriles is 1. The van der Waals surface area contributed by atoms with Crippen molar-refractivity contribution in [3.63, 3.8) is 0 Å². The van der Waals surface area contributed by atoms with E-state index in [9.17, 15) is 18.5 Å². The second-order valence-corrected chi connectivity index (χ2v) is 9.67. The molecule has 1 atom stereocenters. The Morgan fingerprint density at radius 1 is 1.30 bits per heavy atom. The van der Waals surface area contributed by atoms with Crippen LogP contribution in [0.25, 0.3) is 0 Å². The fourth-order valence-corrected chi connectivity index (χ4v) is 5.11. The summed E-state index contributed by atoms with van der Waals surface area (Å²) in [6.45, 7) is 4.07. The Balaban J connectivity index is 1.48. The summed E-state index contributed by atoms with van der Waals surface area (Å²) in [6.07, 6.45) is 1.96. The summed E-state index contributed by atoms with van der Waals surface area (Å²) < 4.78 is 26.7. The molecule has 2 fully saturated rings. The molecule has 1 aliphatic heterocycles. The van der Waals surface area contributed by atoms with Crippen LogP contribution >= 0.6 is 0 Å². The average Bonchev–Trinajstić information content (AvgIpc) is 3.48. The molecule has 0 radical (unpaired) electrons. The van der Waals surface area contributed by atoms with Gasteiger partial charge in [-0.1, -0.05) is 30.3 Å². The zero-order chi connectivity index (χ0) is 19.5. The maximum absolute atomic E-state index is 12.6. The Morgan fingerprint density at radius 2 is 1.93 bits per heavy atom. The van der Waals surface area contributed by atoms with Gasteiger partial charge in [0.25, 0.3) is 5.91 Å². The molecule has 0 bridgehead atoms. The minimum Gasteiger partial charge on any atom is -0.333 e. The standard InChI is InChI=1S/C19H26N4O3S/c1-19(15-20,17-7-8-17)21-18(24)13-22-9-11-23(12-10-22)27(25,26)14-16-5-3-2-4-6-16/h2-6,17H,7-14H2,1H3,(H,21,24)/p+1/t19-/m0/s1. The van der Waals surface area contributed by atoms with Crippen LogP contribution in [0.2, 0.25) is 0 Å². The molecule has 0 spiro atoms. The van der Waals surface area contributed by atoms with Gasteiger partial charge in [-0.25, -0.2) is 8.42 Å². The monoisotopic (exact) mass is 391 g/mol. The number of quaternary nitrogens is 1. The minimum absolute atomic E-state index is 0.00553. The Bertz CT molecular complexity index is 809. The number of hydrogen-bond acceptors (Lipinski definition) is 4.